The first-order valence-electron chi connectivity index (χ1n) is 6.35. The minimum absolute atomic E-state index is 0.0854. The van der Waals surface area contributed by atoms with Crippen LogP contribution in [0.1, 0.15) is 25.3 Å². The highest BCUT2D eigenvalue weighted by Gasteiger charge is 2.32. The summed E-state index contributed by atoms with van der Waals surface area (Å²) in [6.07, 6.45) is 1.51. The van der Waals surface area contributed by atoms with Crippen molar-refractivity contribution in [2.24, 2.45) is 5.92 Å². The molecule has 0 amide bonds. The molecule has 0 radical (unpaired) electrons. The Morgan fingerprint density at radius 2 is 2.33 bits per heavy atom. The molecule has 1 fully saturated rings. The zero-order valence-corrected chi connectivity index (χ0v) is 11.2. The molecule has 4 heteroatoms. The SMILES string of the molecule is CCC1OCCC1C(O)Cc1cc(Cl)ccc1F. The van der Waals surface area contributed by atoms with Gasteiger partial charge in [-0.2, -0.15) is 0 Å². The van der Waals surface area contributed by atoms with Crippen LogP contribution in [0.15, 0.2) is 18.2 Å². The summed E-state index contributed by atoms with van der Waals surface area (Å²) in [6, 6.07) is 4.43. The van der Waals surface area contributed by atoms with Crippen LogP contribution in [-0.2, 0) is 11.2 Å². The minimum Gasteiger partial charge on any atom is -0.392 e. The average molecular weight is 273 g/mol. The van der Waals surface area contributed by atoms with E-state index in [2.05, 4.69) is 0 Å². The van der Waals surface area contributed by atoms with Crippen molar-refractivity contribution < 1.29 is 14.2 Å². The van der Waals surface area contributed by atoms with E-state index in [4.69, 9.17) is 16.3 Å². The summed E-state index contributed by atoms with van der Waals surface area (Å²) < 4.78 is 19.1. The second kappa shape index (κ2) is 6.00. The van der Waals surface area contributed by atoms with Gasteiger partial charge in [0.05, 0.1) is 12.2 Å². The van der Waals surface area contributed by atoms with Gasteiger partial charge in [0.2, 0.25) is 0 Å². The maximum absolute atomic E-state index is 13.6. The fourth-order valence-electron chi connectivity index (χ4n) is 2.60. The fraction of sp³-hybridized carbons (Fsp3) is 0.571. The van der Waals surface area contributed by atoms with Gasteiger partial charge in [-0.15, -0.1) is 0 Å². The number of ether oxygens (including phenoxy) is 1. The number of hydrogen-bond acceptors (Lipinski definition) is 2. The molecule has 100 valence electrons. The maximum atomic E-state index is 13.6. The van der Waals surface area contributed by atoms with Gasteiger partial charge in [0.15, 0.2) is 0 Å². The van der Waals surface area contributed by atoms with Gasteiger partial charge < -0.3 is 9.84 Å². The number of aliphatic hydroxyl groups excluding tert-OH is 1. The molecular weight excluding hydrogens is 255 g/mol. The lowest BCUT2D eigenvalue weighted by molar-refractivity contribution is 0.0314. The topological polar surface area (TPSA) is 29.5 Å². The molecule has 18 heavy (non-hydrogen) atoms. The Balaban J connectivity index is 2.06. The zero-order valence-electron chi connectivity index (χ0n) is 10.4. The lowest BCUT2D eigenvalue weighted by Crippen LogP contribution is -2.29. The molecular formula is C14H18ClFO2. The molecule has 2 rings (SSSR count). The van der Waals surface area contributed by atoms with Crippen LogP contribution in [0, 0.1) is 11.7 Å². The van der Waals surface area contributed by atoms with E-state index in [1.807, 2.05) is 6.92 Å². The molecule has 0 saturated carbocycles. The van der Waals surface area contributed by atoms with E-state index in [1.165, 1.54) is 12.1 Å². The van der Waals surface area contributed by atoms with E-state index in [0.717, 1.165) is 12.8 Å². The first kappa shape index (κ1) is 13.8. The third kappa shape index (κ3) is 3.02. The van der Waals surface area contributed by atoms with Gasteiger partial charge in [0.25, 0.3) is 0 Å². The van der Waals surface area contributed by atoms with E-state index in [1.54, 1.807) is 6.07 Å². The highest BCUT2D eigenvalue weighted by atomic mass is 35.5. The van der Waals surface area contributed by atoms with Crippen LogP contribution in [0.4, 0.5) is 4.39 Å². The monoisotopic (exact) mass is 272 g/mol. The summed E-state index contributed by atoms with van der Waals surface area (Å²) in [5.41, 5.74) is 0.469. The third-order valence-electron chi connectivity index (χ3n) is 3.59. The van der Waals surface area contributed by atoms with E-state index < -0.39 is 6.10 Å². The Hall–Kier alpha value is -0.640. The second-order valence-corrected chi connectivity index (χ2v) is 5.21. The van der Waals surface area contributed by atoms with Crippen molar-refractivity contribution in [3.05, 3.63) is 34.6 Å². The second-order valence-electron chi connectivity index (χ2n) is 4.78. The summed E-state index contributed by atoms with van der Waals surface area (Å²) >= 11 is 5.84. The van der Waals surface area contributed by atoms with E-state index in [-0.39, 0.29) is 24.3 Å². The van der Waals surface area contributed by atoms with Crippen molar-refractivity contribution in [2.75, 3.05) is 6.61 Å². The molecule has 0 aromatic heterocycles. The van der Waals surface area contributed by atoms with Gasteiger partial charge >= 0.3 is 0 Å². The first-order chi connectivity index (χ1) is 8.61. The summed E-state index contributed by atoms with van der Waals surface area (Å²) in [5, 5.41) is 10.7. The zero-order chi connectivity index (χ0) is 13.1. The first-order valence-corrected chi connectivity index (χ1v) is 6.73. The molecule has 0 bridgehead atoms. The van der Waals surface area contributed by atoms with Crippen molar-refractivity contribution in [3.63, 3.8) is 0 Å². The Kier molecular flexibility index (Phi) is 4.60. The molecule has 2 nitrogen and oxygen atoms in total. The number of halogens is 2. The van der Waals surface area contributed by atoms with E-state index in [0.29, 0.717) is 17.2 Å². The van der Waals surface area contributed by atoms with Crippen LogP contribution in [0.25, 0.3) is 0 Å². The van der Waals surface area contributed by atoms with Crippen LogP contribution in [0.5, 0.6) is 0 Å². The molecule has 1 saturated heterocycles. The van der Waals surface area contributed by atoms with Crippen LogP contribution in [0.2, 0.25) is 5.02 Å². The average Bonchev–Trinajstić information content (AvgIpc) is 2.82. The smallest absolute Gasteiger partial charge is 0.126 e. The molecule has 3 atom stereocenters. The van der Waals surface area contributed by atoms with Crippen molar-refractivity contribution in [1.29, 1.82) is 0 Å². The minimum atomic E-state index is -0.578. The standard InChI is InChI=1S/C14H18ClFO2/c1-2-14-11(5-6-18-14)13(17)8-9-7-10(15)3-4-12(9)16/h3-4,7,11,13-14,17H,2,5-6,8H2,1H3. The van der Waals surface area contributed by atoms with Gasteiger partial charge in [-0.3, -0.25) is 0 Å². The quantitative estimate of drug-likeness (QED) is 0.912. The molecule has 0 aliphatic carbocycles. The third-order valence-corrected chi connectivity index (χ3v) is 3.83. The van der Waals surface area contributed by atoms with Crippen LogP contribution < -0.4 is 0 Å². The predicted octanol–water partition coefficient (Wildman–Crippen LogP) is 3.20. The normalized spacial score (nSPS) is 25.3. The summed E-state index contributed by atoms with van der Waals surface area (Å²) in [4.78, 5) is 0. The van der Waals surface area contributed by atoms with Crippen molar-refractivity contribution in [3.8, 4) is 0 Å². The van der Waals surface area contributed by atoms with E-state index >= 15 is 0 Å². The summed E-state index contributed by atoms with van der Waals surface area (Å²) in [7, 11) is 0. The molecule has 1 aromatic carbocycles. The van der Waals surface area contributed by atoms with Gasteiger partial charge in [0, 0.05) is 24.0 Å². The Bertz CT molecular complexity index is 411. The largest absolute Gasteiger partial charge is 0.392 e. The molecule has 1 aliphatic heterocycles. The Labute approximate surface area is 112 Å². The van der Waals surface area contributed by atoms with Gasteiger partial charge in [-0.25, -0.2) is 4.39 Å². The van der Waals surface area contributed by atoms with Crippen LogP contribution in [0.3, 0.4) is 0 Å². The molecule has 1 N–H and O–H groups in total. The van der Waals surface area contributed by atoms with Crippen molar-refractivity contribution in [2.45, 2.75) is 38.4 Å². The summed E-state index contributed by atoms with van der Waals surface area (Å²) in [5.74, 6) is -0.223. The lowest BCUT2D eigenvalue weighted by atomic mass is 9.89. The van der Waals surface area contributed by atoms with Crippen LogP contribution >= 0.6 is 11.6 Å². The fourth-order valence-corrected chi connectivity index (χ4v) is 2.80. The highest BCUT2D eigenvalue weighted by molar-refractivity contribution is 6.30. The lowest BCUT2D eigenvalue weighted by Gasteiger charge is -2.23. The predicted molar refractivity (Wildman–Crippen MR) is 69.3 cm³/mol. The molecule has 1 heterocycles. The van der Waals surface area contributed by atoms with Gasteiger partial charge in [-0.05, 0) is 36.6 Å². The maximum Gasteiger partial charge on any atom is 0.126 e. The van der Waals surface area contributed by atoms with Crippen LogP contribution in [-0.4, -0.2) is 23.9 Å². The van der Waals surface area contributed by atoms with Gasteiger partial charge in [-0.1, -0.05) is 18.5 Å². The van der Waals surface area contributed by atoms with E-state index in [9.17, 15) is 9.50 Å². The Morgan fingerprint density at radius 3 is 3.06 bits per heavy atom. The number of aliphatic hydroxyl groups is 1. The Morgan fingerprint density at radius 1 is 1.56 bits per heavy atom. The van der Waals surface area contributed by atoms with Crippen molar-refractivity contribution in [1.82, 2.24) is 0 Å². The highest BCUT2D eigenvalue weighted by Crippen LogP contribution is 2.29. The summed E-state index contributed by atoms with van der Waals surface area (Å²) in [6.45, 7) is 2.72. The molecule has 1 aliphatic rings. The number of rotatable bonds is 4. The van der Waals surface area contributed by atoms with Crippen molar-refractivity contribution >= 4 is 11.6 Å². The number of benzene rings is 1. The van der Waals surface area contributed by atoms with Gasteiger partial charge in [0.1, 0.15) is 5.82 Å². The molecule has 3 unspecified atom stereocenters. The number of hydrogen-bond donors (Lipinski definition) is 1. The molecule has 1 aromatic rings. The molecule has 0 spiro atoms.